The van der Waals surface area contributed by atoms with Gasteiger partial charge in [-0.25, -0.2) is 0 Å². The Labute approximate surface area is 208 Å². The number of hydrogen-bond acceptors (Lipinski definition) is 6. The van der Waals surface area contributed by atoms with Crippen molar-refractivity contribution in [2.24, 2.45) is 10.2 Å². The molecule has 0 bridgehead atoms. The van der Waals surface area contributed by atoms with E-state index < -0.39 is 5.56 Å². The predicted octanol–water partition coefficient (Wildman–Crippen LogP) is 7.43. The highest BCUT2D eigenvalue weighted by Crippen LogP contribution is 2.29. The number of aromatic nitrogens is 1. The number of H-pyrrole nitrogens is 1. The lowest BCUT2D eigenvalue weighted by Crippen LogP contribution is -2.11. The number of pyridine rings is 1. The third kappa shape index (κ3) is 6.91. The summed E-state index contributed by atoms with van der Waals surface area (Å²) in [5.41, 5.74) is 5.36. The third-order valence-corrected chi connectivity index (χ3v) is 5.91. The van der Waals surface area contributed by atoms with Gasteiger partial charge in [0, 0.05) is 17.1 Å². The average molecular weight is 483 g/mol. The van der Waals surface area contributed by atoms with Crippen LogP contribution in [0.15, 0.2) is 100.0 Å². The van der Waals surface area contributed by atoms with Crippen molar-refractivity contribution in [1.29, 1.82) is 5.41 Å². The zero-order valence-corrected chi connectivity index (χ0v) is 20.3. The first-order valence-electron chi connectivity index (χ1n) is 11.1. The van der Waals surface area contributed by atoms with Crippen molar-refractivity contribution in [2.75, 3.05) is 10.6 Å². The minimum Gasteiger partial charge on any atom is -0.352 e. The molecule has 0 radical (unpaired) electrons. The van der Waals surface area contributed by atoms with Crippen molar-refractivity contribution in [2.45, 2.75) is 19.6 Å². The van der Waals surface area contributed by atoms with Crippen molar-refractivity contribution >= 4 is 45.5 Å². The highest BCUT2D eigenvalue weighted by molar-refractivity contribution is 8.13. The van der Waals surface area contributed by atoms with Gasteiger partial charge in [-0.2, -0.15) is 0 Å². The third-order valence-electron chi connectivity index (χ3n) is 5.07. The molecule has 0 aliphatic rings. The van der Waals surface area contributed by atoms with Crippen LogP contribution in [0.2, 0.25) is 0 Å². The summed E-state index contributed by atoms with van der Waals surface area (Å²) in [5.74, 6) is 1.11. The van der Waals surface area contributed by atoms with E-state index in [1.165, 1.54) is 11.8 Å². The molecule has 0 fully saturated rings. The Balaban J connectivity index is 1.59. The molecule has 35 heavy (non-hydrogen) atoms. The summed E-state index contributed by atoms with van der Waals surface area (Å²) < 4.78 is 0. The van der Waals surface area contributed by atoms with Crippen LogP contribution in [-0.2, 0) is 5.75 Å². The number of aryl methyl sites for hydroxylation is 2. The topological polar surface area (TPSA) is 105 Å². The maximum absolute atomic E-state index is 12.8. The number of nitrogens with one attached hydrogen (secondary N) is 4. The molecule has 1 aromatic heterocycles. The van der Waals surface area contributed by atoms with Gasteiger partial charge in [0.05, 0.1) is 5.69 Å². The summed E-state index contributed by atoms with van der Waals surface area (Å²) >= 11 is 1.25. The van der Waals surface area contributed by atoms with Crippen molar-refractivity contribution in [1.82, 2.24) is 4.98 Å². The Hall–Kier alpha value is -4.17. The van der Waals surface area contributed by atoms with E-state index in [-0.39, 0.29) is 10.9 Å². The van der Waals surface area contributed by atoms with Crippen molar-refractivity contribution in [3.05, 3.63) is 112 Å². The van der Waals surface area contributed by atoms with Crippen LogP contribution in [0, 0.1) is 19.3 Å². The van der Waals surface area contributed by atoms with Gasteiger partial charge < -0.3 is 15.6 Å². The van der Waals surface area contributed by atoms with Crippen LogP contribution in [0.1, 0.15) is 16.7 Å². The SMILES string of the molecule is Cc1cccc(Nc2cc(N=NC(=N)SCc3ccccc3)c(=O)[nH]c2Nc2cccc(C)c2)c1. The molecular weight excluding hydrogens is 456 g/mol. The van der Waals surface area contributed by atoms with Gasteiger partial charge in [0.25, 0.3) is 5.56 Å². The zero-order valence-electron chi connectivity index (χ0n) is 19.5. The molecule has 4 aromatic rings. The summed E-state index contributed by atoms with van der Waals surface area (Å²) in [7, 11) is 0. The van der Waals surface area contributed by atoms with Crippen LogP contribution in [0.3, 0.4) is 0 Å². The molecule has 0 saturated heterocycles. The van der Waals surface area contributed by atoms with Gasteiger partial charge in [-0.3, -0.25) is 10.2 Å². The molecule has 0 spiro atoms. The Kier molecular flexibility index (Phi) is 7.74. The van der Waals surface area contributed by atoms with Crippen molar-refractivity contribution in [3.63, 3.8) is 0 Å². The number of amidine groups is 1. The fourth-order valence-electron chi connectivity index (χ4n) is 3.39. The Bertz CT molecular complexity index is 1410. The zero-order chi connectivity index (χ0) is 24.6. The second-order valence-corrected chi connectivity index (χ2v) is 9.00. The molecule has 7 nitrogen and oxygen atoms in total. The number of azo groups is 1. The first kappa shape index (κ1) is 24.0. The maximum atomic E-state index is 12.8. The molecular formula is C27H26N6OS. The molecule has 1 heterocycles. The van der Waals surface area contributed by atoms with Gasteiger partial charge in [-0.15, -0.1) is 10.2 Å². The number of anilines is 4. The largest absolute Gasteiger partial charge is 0.352 e. The molecule has 0 atom stereocenters. The fraction of sp³-hybridized carbons (Fsp3) is 0.111. The van der Waals surface area contributed by atoms with E-state index in [4.69, 9.17) is 5.41 Å². The molecule has 8 heteroatoms. The number of hydrogen-bond donors (Lipinski definition) is 4. The Morgan fingerprint density at radius 1 is 0.886 bits per heavy atom. The maximum Gasteiger partial charge on any atom is 0.277 e. The highest BCUT2D eigenvalue weighted by atomic mass is 32.2. The van der Waals surface area contributed by atoms with Gasteiger partial charge in [-0.05, 0) is 60.9 Å². The molecule has 0 unspecified atom stereocenters. The lowest BCUT2D eigenvalue weighted by Gasteiger charge is -2.15. The van der Waals surface area contributed by atoms with Gasteiger partial charge in [-0.1, -0.05) is 66.4 Å². The van der Waals surface area contributed by atoms with Crippen LogP contribution in [-0.4, -0.2) is 10.2 Å². The summed E-state index contributed by atoms with van der Waals surface area (Å²) in [6.07, 6.45) is 0. The van der Waals surface area contributed by atoms with E-state index in [9.17, 15) is 4.79 Å². The molecule has 176 valence electrons. The Morgan fingerprint density at radius 2 is 1.54 bits per heavy atom. The van der Waals surface area contributed by atoms with E-state index in [0.29, 0.717) is 17.3 Å². The van der Waals surface area contributed by atoms with Gasteiger partial charge in [0.2, 0.25) is 5.17 Å². The van der Waals surface area contributed by atoms with E-state index in [1.54, 1.807) is 6.07 Å². The molecule has 0 aliphatic heterocycles. The normalized spacial score (nSPS) is 10.9. The molecule has 0 amide bonds. The summed E-state index contributed by atoms with van der Waals surface area (Å²) in [6.45, 7) is 4.02. The van der Waals surface area contributed by atoms with Crippen LogP contribution >= 0.6 is 11.8 Å². The quantitative estimate of drug-likeness (QED) is 0.125. The number of rotatable bonds is 7. The summed E-state index contributed by atoms with van der Waals surface area (Å²) in [4.78, 5) is 15.7. The van der Waals surface area contributed by atoms with E-state index >= 15 is 0 Å². The monoisotopic (exact) mass is 482 g/mol. The first-order chi connectivity index (χ1) is 17.0. The smallest absolute Gasteiger partial charge is 0.277 e. The van der Waals surface area contributed by atoms with E-state index in [1.807, 2.05) is 92.7 Å². The lowest BCUT2D eigenvalue weighted by atomic mass is 10.2. The average Bonchev–Trinajstić information content (AvgIpc) is 2.84. The van der Waals surface area contributed by atoms with Crippen LogP contribution in [0.25, 0.3) is 0 Å². The fourth-order valence-corrected chi connectivity index (χ4v) is 3.98. The van der Waals surface area contributed by atoms with E-state index in [0.717, 1.165) is 28.1 Å². The van der Waals surface area contributed by atoms with Gasteiger partial charge >= 0.3 is 0 Å². The predicted molar refractivity (Wildman–Crippen MR) is 146 cm³/mol. The van der Waals surface area contributed by atoms with E-state index in [2.05, 4.69) is 25.8 Å². The van der Waals surface area contributed by atoms with Gasteiger partial charge in [0.15, 0.2) is 5.69 Å². The van der Waals surface area contributed by atoms with Crippen LogP contribution < -0.4 is 16.2 Å². The molecule has 0 aliphatic carbocycles. The number of thioether (sulfide) groups is 1. The second-order valence-electron chi connectivity index (χ2n) is 8.04. The molecule has 4 rings (SSSR count). The van der Waals surface area contributed by atoms with Crippen molar-refractivity contribution < 1.29 is 0 Å². The van der Waals surface area contributed by atoms with Crippen LogP contribution in [0.5, 0.6) is 0 Å². The number of benzene rings is 3. The lowest BCUT2D eigenvalue weighted by molar-refractivity contribution is 1.17. The molecule has 0 saturated carbocycles. The number of aromatic amines is 1. The Morgan fingerprint density at radius 3 is 2.20 bits per heavy atom. The second kappa shape index (κ2) is 11.3. The molecule has 3 aromatic carbocycles. The first-order valence-corrected chi connectivity index (χ1v) is 12.1. The standard InChI is InChI=1S/C27H26N6OS/c1-18-8-6-12-21(14-18)29-23-16-24(32-33-27(28)35-17-20-10-4-3-5-11-20)26(34)31-25(23)30-22-13-7-9-19(2)15-22/h3-16,28-29H,17H2,1-2H3,(H2,30,31,34). The summed E-state index contributed by atoms with van der Waals surface area (Å²) in [5, 5.41) is 22.8. The van der Waals surface area contributed by atoms with Crippen molar-refractivity contribution in [3.8, 4) is 0 Å². The highest BCUT2D eigenvalue weighted by Gasteiger charge is 2.11. The number of nitrogens with zero attached hydrogens (tertiary/aromatic N) is 2. The minimum absolute atomic E-state index is 0.0309. The molecule has 4 N–H and O–H groups in total. The van der Waals surface area contributed by atoms with Crippen LogP contribution in [0.4, 0.5) is 28.6 Å². The van der Waals surface area contributed by atoms with Gasteiger partial charge in [0.1, 0.15) is 5.82 Å². The summed E-state index contributed by atoms with van der Waals surface area (Å²) in [6, 6.07) is 27.3. The minimum atomic E-state index is -0.403.